The molecular formula is C20H38O5. The van der Waals surface area contributed by atoms with Gasteiger partial charge in [0.2, 0.25) is 0 Å². The zero-order valence-corrected chi connectivity index (χ0v) is 16.4. The monoisotopic (exact) mass is 358 g/mol. The van der Waals surface area contributed by atoms with E-state index in [2.05, 4.69) is 6.92 Å². The molecule has 0 atom stereocenters. The van der Waals surface area contributed by atoms with Crippen molar-refractivity contribution in [3.63, 3.8) is 0 Å². The summed E-state index contributed by atoms with van der Waals surface area (Å²) in [6, 6.07) is 0. The van der Waals surface area contributed by atoms with Crippen LogP contribution in [0.2, 0.25) is 0 Å². The quantitative estimate of drug-likeness (QED) is 0.260. The molecule has 0 radical (unpaired) electrons. The summed E-state index contributed by atoms with van der Waals surface area (Å²) in [6.45, 7) is 3.89. The second-order valence-electron chi connectivity index (χ2n) is 6.47. The number of esters is 2. The number of unbranched alkanes of at least 4 members (excludes halogenated alkanes) is 8. The first-order valence-corrected chi connectivity index (χ1v) is 10.0. The summed E-state index contributed by atoms with van der Waals surface area (Å²) < 4.78 is 15.4. The van der Waals surface area contributed by atoms with E-state index in [1.807, 2.05) is 0 Å². The fourth-order valence-electron chi connectivity index (χ4n) is 2.44. The molecule has 0 N–H and O–H groups in total. The molecule has 0 aliphatic carbocycles. The second kappa shape index (κ2) is 19.2. The topological polar surface area (TPSA) is 61.8 Å². The number of methoxy groups -OCH3 is 1. The molecule has 0 heterocycles. The van der Waals surface area contributed by atoms with Crippen molar-refractivity contribution in [1.29, 1.82) is 0 Å². The van der Waals surface area contributed by atoms with Crippen molar-refractivity contribution >= 4 is 11.9 Å². The van der Waals surface area contributed by atoms with Crippen LogP contribution >= 0.6 is 0 Å². The van der Waals surface area contributed by atoms with Crippen LogP contribution in [-0.2, 0) is 23.8 Å². The van der Waals surface area contributed by atoms with Crippen molar-refractivity contribution in [2.75, 3.05) is 26.9 Å². The summed E-state index contributed by atoms with van der Waals surface area (Å²) in [5.74, 6) is -0.222. The average Bonchev–Trinajstić information content (AvgIpc) is 2.61. The Labute approximate surface area is 153 Å². The highest BCUT2D eigenvalue weighted by atomic mass is 16.5. The fraction of sp³-hybridized carbons (Fsp3) is 0.900. The van der Waals surface area contributed by atoms with Crippen LogP contribution < -0.4 is 0 Å². The van der Waals surface area contributed by atoms with E-state index < -0.39 is 0 Å². The second-order valence-corrected chi connectivity index (χ2v) is 6.47. The lowest BCUT2D eigenvalue weighted by atomic mass is 10.1. The Hall–Kier alpha value is -1.10. The van der Waals surface area contributed by atoms with Crippen LogP contribution in [-0.4, -0.2) is 38.9 Å². The first-order valence-electron chi connectivity index (χ1n) is 10.0. The van der Waals surface area contributed by atoms with E-state index in [0.29, 0.717) is 26.1 Å². The van der Waals surface area contributed by atoms with Gasteiger partial charge in [-0.25, -0.2) is 0 Å². The molecule has 5 heteroatoms. The molecule has 25 heavy (non-hydrogen) atoms. The van der Waals surface area contributed by atoms with Crippen molar-refractivity contribution in [2.24, 2.45) is 0 Å². The van der Waals surface area contributed by atoms with Crippen LogP contribution in [0.25, 0.3) is 0 Å². The number of hydrogen-bond acceptors (Lipinski definition) is 5. The van der Waals surface area contributed by atoms with Crippen molar-refractivity contribution in [2.45, 2.75) is 90.4 Å². The molecule has 0 bridgehead atoms. The Morgan fingerprint density at radius 1 is 0.600 bits per heavy atom. The van der Waals surface area contributed by atoms with Gasteiger partial charge in [0.15, 0.2) is 0 Å². The van der Waals surface area contributed by atoms with Gasteiger partial charge in [-0.2, -0.15) is 0 Å². The lowest BCUT2D eigenvalue weighted by molar-refractivity contribution is -0.145. The molecule has 0 aliphatic rings. The molecule has 0 rings (SSSR count). The Morgan fingerprint density at radius 3 is 1.56 bits per heavy atom. The van der Waals surface area contributed by atoms with Gasteiger partial charge < -0.3 is 14.2 Å². The standard InChI is InChI=1S/C20H38O5/c1-3-4-14-19(21)24-18-13-9-10-15-20(22)25-17-12-8-6-5-7-11-16-23-2/h3-18H2,1-2H3. The third-order valence-electron chi connectivity index (χ3n) is 4.03. The van der Waals surface area contributed by atoms with Crippen LogP contribution in [0.5, 0.6) is 0 Å². The van der Waals surface area contributed by atoms with E-state index in [0.717, 1.165) is 58.0 Å². The fourth-order valence-corrected chi connectivity index (χ4v) is 2.44. The maximum absolute atomic E-state index is 11.6. The molecule has 0 amide bonds. The lowest BCUT2D eigenvalue weighted by Gasteiger charge is -2.06. The van der Waals surface area contributed by atoms with E-state index in [4.69, 9.17) is 14.2 Å². The predicted molar refractivity (Wildman–Crippen MR) is 99.5 cm³/mol. The van der Waals surface area contributed by atoms with Gasteiger partial charge in [-0.15, -0.1) is 0 Å². The van der Waals surface area contributed by atoms with Crippen molar-refractivity contribution in [3.05, 3.63) is 0 Å². The normalized spacial score (nSPS) is 10.6. The van der Waals surface area contributed by atoms with E-state index in [1.165, 1.54) is 19.3 Å². The number of rotatable bonds is 18. The van der Waals surface area contributed by atoms with E-state index in [9.17, 15) is 9.59 Å². The lowest BCUT2D eigenvalue weighted by Crippen LogP contribution is -2.07. The third kappa shape index (κ3) is 19.1. The van der Waals surface area contributed by atoms with Crippen molar-refractivity contribution in [1.82, 2.24) is 0 Å². The van der Waals surface area contributed by atoms with E-state index >= 15 is 0 Å². The smallest absolute Gasteiger partial charge is 0.305 e. The first kappa shape index (κ1) is 23.9. The van der Waals surface area contributed by atoms with Crippen molar-refractivity contribution < 1.29 is 23.8 Å². The summed E-state index contributed by atoms with van der Waals surface area (Å²) in [6.07, 6.45) is 12.2. The molecule has 0 saturated carbocycles. The summed E-state index contributed by atoms with van der Waals surface area (Å²) >= 11 is 0. The Kier molecular flexibility index (Phi) is 18.4. The van der Waals surface area contributed by atoms with Gasteiger partial charge in [0.25, 0.3) is 0 Å². The Balaban J connectivity index is 3.24. The molecule has 0 unspecified atom stereocenters. The predicted octanol–water partition coefficient (Wildman–Crippen LogP) is 4.81. The highest BCUT2D eigenvalue weighted by Crippen LogP contribution is 2.07. The molecule has 148 valence electrons. The molecule has 0 aromatic heterocycles. The van der Waals surface area contributed by atoms with Crippen molar-refractivity contribution in [3.8, 4) is 0 Å². The zero-order valence-electron chi connectivity index (χ0n) is 16.4. The van der Waals surface area contributed by atoms with Gasteiger partial charge in [-0.1, -0.05) is 39.0 Å². The highest BCUT2D eigenvalue weighted by molar-refractivity contribution is 5.69. The maximum Gasteiger partial charge on any atom is 0.305 e. The number of carbonyl (C=O) groups excluding carboxylic acids is 2. The number of carbonyl (C=O) groups is 2. The van der Waals surface area contributed by atoms with Gasteiger partial charge in [0.1, 0.15) is 0 Å². The summed E-state index contributed by atoms with van der Waals surface area (Å²) in [7, 11) is 1.73. The molecular weight excluding hydrogens is 320 g/mol. The van der Waals surface area contributed by atoms with Crippen LogP contribution in [0.3, 0.4) is 0 Å². The average molecular weight is 359 g/mol. The van der Waals surface area contributed by atoms with Crippen LogP contribution in [0.15, 0.2) is 0 Å². The highest BCUT2D eigenvalue weighted by Gasteiger charge is 2.04. The largest absolute Gasteiger partial charge is 0.466 e. The minimum absolute atomic E-state index is 0.111. The SMILES string of the molecule is CCCCC(=O)OCCCCCC(=O)OCCCCCCCCOC. The molecule has 0 saturated heterocycles. The molecule has 0 aliphatic heterocycles. The zero-order chi connectivity index (χ0) is 18.6. The Morgan fingerprint density at radius 2 is 1.04 bits per heavy atom. The molecule has 0 aromatic rings. The molecule has 5 nitrogen and oxygen atoms in total. The number of hydrogen-bond donors (Lipinski definition) is 0. The van der Waals surface area contributed by atoms with Crippen LogP contribution in [0.1, 0.15) is 90.4 Å². The van der Waals surface area contributed by atoms with Gasteiger partial charge in [-0.05, 0) is 38.5 Å². The van der Waals surface area contributed by atoms with E-state index in [-0.39, 0.29) is 11.9 Å². The van der Waals surface area contributed by atoms with Gasteiger partial charge >= 0.3 is 11.9 Å². The Bertz CT molecular complexity index is 317. The van der Waals surface area contributed by atoms with Crippen LogP contribution in [0, 0.1) is 0 Å². The summed E-state index contributed by atoms with van der Waals surface area (Å²) in [4.78, 5) is 22.9. The van der Waals surface area contributed by atoms with Crippen LogP contribution in [0.4, 0.5) is 0 Å². The molecule has 0 spiro atoms. The number of ether oxygens (including phenoxy) is 3. The molecule has 0 fully saturated rings. The minimum Gasteiger partial charge on any atom is -0.466 e. The molecule has 0 aromatic carbocycles. The first-order chi connectivity index (χ1) is 12.2. The maximum atomic E-state index is 11.6. The third-order valence-corrected chi connectivity index (χ3v) is 4.03. The summed E-state index contributed by atoms with van der Waals surface area (Å²) in [5, 5.41) is 0. The summed E-state index contributed by atoms with van der Waals surface area (Å²) in [5.41, 5.74) is 0. The van der Waals surface area contributed by atoms with E-state index in [1.54, 1.807) is 7.11 Å². The van der Waals surface area contributed by atoms with Gasteiger partial charge in [0.05, 0.1) is 13.2 Å². The van der Waals surface area contributed by atoms with Gasteiger partial charge in [-0.3, -0.25) is 9.59 Å². The van der Waals surface area contributed by atoms with Gasteiger partial charge in [0, 0.05) is 26.6 Å². The minimum atomic E-state index is -0.111.